The number of phenols is 1. The van der Waals surface area contributed by atoms with Gasteiger partial charge in [-0.05, 0) is 84.5 Å². The maximum Gasteiger partial charge on any atom is 0.251 e. The van der Waals surface area contributed by atoms with E-state index >= 15 is 0 Å². The molecule has 3 aliphatic heterocycles. The van der Waals surface area contributed by atoms with Crippen LogP contribution in [0.2, 0.25) is 0 Å². The van der Waals surface area contributed by atoms with Crippen molar-refractivity contribution in [3.63, 3.8) is 0 Å². The second-order valence-electron chi connectivity index (χ2n) is 23.3. The number of nitrogens with zero attached hydrogens (tertiary/aromatic N) is 2. The van der Waals surface area contributed by atoms with Crippen LogP contribution in [0.25, 0.3) is 22.3 Å². The summed E-state index contributed by atoms with van der Waals surface area (Å²) in [6.45, 7) is 6.29. The normalized spacial score (nSPS) is 26.0. The van der Waals surface area contributed by atoms with E-state index in [0.29, 0.717) is 6.61 Å². The third-order valence-electron chi connectivity index (χ3n) is 16.3. The van der Waals surface area contributed by atoms with Gasteiger partial charge >= 0.3 is 0 Å². The zero-order chi connectivity index (χ0) is 66.1. The zero-order valence-corrected chi connectivity index (χ0v) is 51.4. The highest BCUT2D eigenvalue weighted by atomic mass is 16.5. The summed E-state index contributed by atoms with van der Waals surface area (Å²) < 4.78 is 16.9. The Morgan fingerprint density at radius 2 is 1.19 bits per heavy atom. The smallest absolute Gasteiger partial charge is 0.251 e. The number of hydrogen-bond acceptors (Lipinski definition) is 20. The summed E-state index contributed by atoms with van der Waals surface area (Å²) in [7, 11) is 0. The zero-order valence-electron chi connectivity index (χ0n) is 51.4. The molecule has 6 unspecified atom stereocenters. The number of fused-ring (bicyclic) bond motifs is 2. The Labute approximate surface area is 527 Å². The molecule has 3 fully saturated rings. The predicted octanol–water partition coefficient (Wildman–Crippen LogP) is -1.34. The summed E-state index contributed by atoms with van der Waals surface area (Å²) in [4.78, 5) is 104. The molecule has 91 heavy (non-hydrogen) atoms. The number of hydrogen-bond donors (Lipinski definition) is 15. The van der Waals surface area contributed by atoms with Crippen LogP contribution < -0.4 is 42.4 Å². The first-order valence-corrected chi connectivity index (χ1v) is 30.7. The first-order valence-electron chi connectivity index (χ1n) is 30.7. The standard InChI is InChI=1S/C64H87N9O18/c1-5-6-7-26-91-46-22-18-41(19-23-46)39-10-8-38(9-11-39)40-12-14-43(15-13-40)58(82)67-47-32-49(78)57(66-25-28-90-30-29-89-27-24-65)71-62(86)53-54(79)35(2)33-73(53)64(88)51(37(4)75)69-61(85)52(56(81)55(80)42-16-20-44(76)21-17-42)70-60(84)48-31-45(77)34-72(48)63(87)50(36(3)74)68-59(47)83/h8-23,35-37,45,47-57,66,74-81H,5-7,24-34,65H2,1-4H3,(H,67,82)(H,68,83)(H,69,85)(H,70,84)(H,71,86)/t35-,36+,37+,45+,47-,48?,49+,50?,51?,52?,53?,54-,55-,56-,57?/m0/s1. The number of aliphatic hydroxyl groups excluding tert-OH is 7. The number of unbranched alkanes of at least 4 members (excludes halogenated alkanes) is 2. The molecule has 7 rings (SSSR count). The van der Waals surface area contributed by atoms with Gasteiger partial charge in [-0.1, -0.05) is 87.4 Å². The minimum Gasteiger partial charge on any atom is -0.508 e. The monoisotopic (exact) mass is 1270 g/mol. The molecule has 0 saturated carbocycles. The number of rotatable bonds is 23. The van der Waals surface area contributed by atoms with Gasteiger partial charge in [0.15, 0.2) is 0 Å². The molecule has 0 spiro atoms. The van der Waals surface area contributed by atoms with Gasteiger partial charge in [0.1, 0.15) is 66.1 Å². The number of aromatic hydroxyl groups is 1. The average Bonchev–Trinajstić information content (AvgIpc) is 1.73. The lowest BCUT2D eigenvalue weighted by molar-refractivity contribution is -0.148. The fourth-order valence-corrected chi connectivity index (χ4v) is 11.1. The topological polar surface area (TPSA) is 414 Å². The van der Waals surface area contributed by atoms with Crippen LogP contribution in [0.3, 0.4) is 0 Å². The number of aliphatic hydroxyl groups is 7. The number of carbonyl (C=O) groups excluding carboxylic acids is 7. The van der Waals surface area contributed by atoms with Gasteiger partial charge in [0, 0.05) is 50.5 Å². The molecule has 16 N–H and O–H groups in total. The molecule has 3 heterocycles. The van der Waals surface area contributed by atoms with Crippen molar-refractivity contribution in [2.75, 3.05) is 59.2 Å². The number of phenolic OH excluding ortho intramolecular Hbond substituents is 1. The van der Waals surface area contributed by atoms with Gasteiger partial charge in [-0.3, -0.25) is 38.9 Å². The molecule has 4 aromatic rings. The molecule has 496 valence electrons. The fraction of sp³-hybridized carbons (Fsp3) is 0.516. The lowest BCUT2D eigenvalue weighted by Gasteiger charge is -2.34. The minimum absolute atomic E-state index is 0.0391. The van der Waals surface area contributed by atoms with Crippen LogP contribution in [0.5, 0.6) is 11.5 Å². The molecule has 0 aromatic heterocycles. The second-order valence-corrected chi connectivity index (χ2v) is 23.3. The van der Waals surface area contributed by atoms with Crippen LogP contribution in [0.15, 0.2) is 97.1 Å². The predicted molar refractivity (Wildman–Crippen MR) is 330 cm³/mol. The third kappa shape index (κ3) is 18.7. The molecule has 0 radical (unpaired) electrons. The Hall–Kier alpha value is -7.67. The van der Waals surface area contributed by atoms with E-state index in [9.17, 15) is 74.4 Å². The molecule has 3 aliphatic rings. The number of benzene rings is 4. The lowest BCUT2D eigenvalue weighted by atomic mass is 9.96. The van der Waals surface area contributed by atoms with E-state index in [2.05, 4.69) is 38.8 Å². The quantitative estimate of drug-likeness (QED) is 0.0382. The Morgan fingerprint density at radius 3 is 1.77 bits per heavy atom. The van der Waals surface area contributed by atoms with Crippen molar-refractivity contribution in [3.8, 4) is 33.8 Å². The van der Waals surface area contributed by atoms with E-state index in [4.69, 9.17) is 19.9 Å². The summed E-state index contributed by atoms with van der Waals surface area (Å²) in [5.41, 5.74) is 8.95. The molecular weight excluding hydrogens is 1180 g/mol. The minimum atomic E-state index is -2.30. The van der Waals surface area contributed by atoms with Crippen molar-refractivity contribution < 1.29 is 88.6 Å². The van der Waals surface area contributed by atoms with Gasteiger partial charge < -0.3 is 97.2 Å². The number of nitrogens with one attached hydrogen (secondary N) is 6. The molecule has 27 nitrogen and oxygen atoms in total. The maximum absolute atomic E-state index is 14.8. The average molecular weight is 1270 g/mol. The van der Waals surface area contributed by atoms with E-state index < -0.39 is 152 Å². The van der Waals surface area contributed by atoms with Gasteiger partial charge in [0.25, 0.3) is 5.91 Å². The number of carbonyl (C=O) groups is 7. The third-order valence-corrected chi connectivity index (χ3v) is 16.3. The first-order chi connectivity index (χ1) is 43.5. The van der Waals surface area contributed by atoms with Crippen LogP contribution in [-0.2, 0) is 38.2 Å². The van der Waals surface area contributed by atoms with Gasteiger partial charge in [-0.25, -0.2) is 0 Å². The fourth-order valence-electron chi connectivity index (χ4n) is 11.1. The van der Waals surface area contributed by atoms with Gasteiger partial charge in [0.2, 0.25) is 35.4 Å². The number of amides is 7. The molecular formula is C64H87N9O18. The summed E-state index contributed by atoms with van der Waals surface area (Å²) in [6, 6.07) is 15.2. The van der Waals surface area contributed by atoms with Crippen LogP contribution in [-0.4, -0.2) is 230 Å². The van der Waals surface area contributed by atoms with Crippen molar-refractivity contribution in [2.24, 2.45) is 11.7 Å². The molecule has 7 amide bonds. The Kier molecular flexibility index (Phi) is 26.1. The van der Waals surface area contributed by atoms with Crippen LogP contribution in [0.1, 0.15) is 81.8 Å². The van der Waals surface area contributed by atoms with Crippen LogP contribution >= 0.6 is 0 Å². The highest BCUT2D eigenvalue weighted by molar-refractivity contribution is 6.00. The highest BCUT2D eigenvalue weighted by Gasteiger charge is 2.50. The summed E-state index contributed by atoms with van der Waals surface area (Å²) >= 11 is 0. The lowest BCUT2D eigenvalue weighted by Crippen LogP contribution is -2.64. The van der Waals surface area contributed by atoms with Crippen molar-refractivity contribution in [2.45, 2.75) is 145 Å². The van der Waals surface area contributed by atoms with E-state index in [1.54, 1.807) is 12.1 Å². The van der Waals surface area contributed by atoms with Gasteiger partial charge in [-0.15, -0.1) is 0 Å². The Balaban J connectivity index is 1.23. The van der Waals surface area contributed by atoms with Crippen molar-refractivity contribution in [1.82, 2.24) is 41.7 Å². The number of nitrogens with two attached hydrogens (primary N) is 1. The van der Waals surface area contributed by atoms with Crippen molar-refractivity contribution in [3.05, 3.63) is 108 Å². The molecule has 0 bridgehead atoms. The molecule has 15 atom stereocenters. The van der Waals surface area contributed by atoms with Gasteiger partial charge in [-0.2, -0.15) is 0 Å². The molecule has 3 saturated heterocycles. The van der Waals surface area contributed by atoms with Crippen LogP contribution in [0.4, 0.5) is 0 Å². The summed E-state index contributed by atoms with van der Waals surface area (Å²) in [6.07, 6.45) is -12.5. The molecule has 27 heteroatoms. The van der Waals surface area contributed by atoms with Crippen molar-refractivity contribution >= 4 is 41.4 Å². The largest absolute Gasteiger partial charge is 0.508 e. The Bertz CT molecular complexity index is 3050. The molecule has 0 aliphatic carbocycles. The van der Waals surface area contributed by atoms with E-state index in [1.165, 1.54) is 43.3 Å². The number of ether oxygens (including phenoxy) is 3. The van der Waals surface area contributed by atoms with E-state index in [-0.39, 0.29) is 62.9 Å². The first kappa shape index (κ1) is 70.8. The summed E-state index contributed by atoms with van der Waals surface area (Å²) in [5, 5.41) is 106. The van der Waals surface area contributed by atoms with Crippen molar-refractivity contribution in [1.29, 1.82) is 0 Å². The van der Waals surface area contributed by atoms with Gasteiger partial charge in [0.05, 0.1) is 63.6 Å². The van der Waals surface area contributed by atoms with Crippen LogP contribution in [0, 0.1) is 5.92 Å². The van der Waals surface area contributed by atoms with E-state index in [1.807, 2.05) is 48.5 Å². The maximum atomic E-state index is 14.8. The SMILES string of the molecule is CCCCCOc1ccc(-c2ccc(-c3ccc(C(=O)N[C@H]4C[C@@H](O)C(NCCOCCOCCN)NC(=O)C5[C@@H](O)[C@@H](C)CN5C(=O)C([C@@H](C)O)NC(=O)C([C@H](O)[C@@H](O)c5ccc(O)cc5)NC(=O)C5C[C@@H](O)CN5C(=O)C([C@@H](C)O)NC4=O)cc3)cc2)cc1. The Morgan fingerprint density at radius 1 is 0.637 bits per heavy atom. The summed E-state index contributed by atoms with van der Waals surface area (Å²) in [5.74, 6) is -8.29. The highest BCUT2D eigenvalue weighted by Crippen LogP contribution is 2.30. The molecule has 4 aromatic carbocycles. The second kappa shape index (κ2) is 33.6. The van der Waals surface area contributed by atoms with E-state index in [0.717, 1.165) is 70.9 Å².